The first kappa shape index (κ1) is 41.2. The zero-order chi connectivity index (χ0) is 40.0. The number of ether oxygens (including phenoxy) is 2. The molecular weight excluding hydrogens is 769 g/mol. The molecule has 0 aliphatic carbocycles. The maximum atomic E-state index is 14.0. The number of β-lactam (4-membered cyclic amide) rings is 1. The summed E-state index contributed by atoms with van der Waals surface area (Å²) in [5, 5.41) is 0. The van der Waals surface area contributed by atoms with Crippen molar-refractivity contribution in [1.82, 2.24) is 4.72 Å². The quantitative estimate of drug-likeness (QED) is 0.0301. The van der Waals surface area contributed by atoms with Gasteiger partial charge >= 0.3 is 21.6 Å². The van der Waals surface area contributed by atoms with Gasteiger partial charge in [0, 0.05) is 30.8 Å². The van der Waals surface area contributed by atoms with Crippen LogP contribution in [0.5, 0.6) is 11.5 Å². The van der Waals surface area contributed by atoms with Crippen LogP contribution in [-0.4, -0.2) is 47.0 Å². The summed E-state index contributed by atoms with van der Waals surface area (Å²) in [5.41, 5.74) is -2.85. The number of aryl methyl sites for hydroxylation is 1. The van der Waals surface area contributed by atoms with E-state index in [1.54, 1.807) is 54.6 Å². The number of sulfonamides is 1. The molecule has 17 heteroatoms. The van der Waals surface area contributed by atoms with Gasteiger partial charge in [-0.3, -0.25) is 9.59 Å². The van der Waals surface area contributed by atoms with Gasteiger partial charge in [0.15, 0.2) is 0 Å². The molecule has 4 aromatic rings. The van der Waals surface area contributed by atoms with Crippen molar-refractivity contribution >= 4 is 37.7 Å². The third-order valence-electron chi connectivity index (χ3n) is 8.76. The van der Waals surface area contributed by atoms with Crippen molar-refractivity contribution in [2.24, 2.45) is 5.92 Å². The summed E-state index contributed by atoms with van der Waals surface area (Å²) in [6, 6.07) is 23.7. The van der Waals surface area contributed by atoms with E-state index in [1.807, 2.05) is 0 Å². The van der Waals surface area contributed by atoms with Crippen molar-refractivity contribution in [3.05, 3.63) is 125 Å². The van der Waals surface area contributed by atoms with Gasteiger partial charge in [0.25, 0.3) is 0 Å². The first-order valence-electron chi connectivity index (χ1n) is 17.0. The summed E-state index contributed by atoms with van der Waals surface area (Å²) in [5.74, 6) is -2.92. The molecule has 1 aliphatic rings. The molecule has 1 N–H and O–H groups in total. The van der Waals surface area contributed by atoms with Gasteiger partial charge in [-0.1, -0.05) is 54.6 Å². The Morgan fingerprint density at radius 2 is 1.58 bits per heavy atom. The molecule has 4 aromatic carbocycles. The van der Waals surface area contributed by atoms with Crippen molar-refractivity contribution in [2.75, 3.05) is 17.7 Å². The lowest BCUT2D eigenvalue weighted by Gasteiger charge is -2.48. The van der Waals surface area contributed by atoms with Crippen LogP contribution in [0.3, 0.4) is 0 Å². The predicted molar refractivity (Wildman–Crippen MR) is 194 cm³/mol. The van der Waals surface area contributed by atoms with Crippen molar-refractivity contribution in [1.29, 1.82) is 0 Å². The first-order valence-corrected chi connectivity index (χ1v) is 20.3. The van der Waals surface area contributed by atoms with Crippen LogP contribution in [0.25, 0.3) is 0 Å². The zero-order valence-electron chi connectivity index (χ0n) is 29.7. The number of hydrogen-bond acceptors (Lipinski definition) is 9. The Morgan fingerprint density at radius 1 is 0.909 bits per heavy atom. The normalized spacial score (nSPS) is 16.6. The van der Waals surface area contributed by atoms with Crippen molar-refractivity contribution < 1.29 is 57.6 Å². The molecule has 0 radical (unpaired) electrons. The van der Waals surface area contributed by atoms with Crippen molar-refractivity contribution in [3.8, 4) is 11.5 Å². The summed E-state index contributed by atoms with van der Waals surface area (Å²) >= 11 is 0. The number of rotatable bonds is 17. The van der Waals surface area contributed by atoms with E-state index in [0.717, 1.165) is 24.0 Å². The monoisotopic (exact) mass is 806 g/mol. The number of benzene rings is 4. The third kappa shape index (κ3) is 10.8. The van der Waals surface area contributed by atoms with Gasteiger partial charge in [0.05, 0.1) is 18.2 Å². The van der Waals surface area contributed by atoms with Gasteiger partial charge in [-0.15, -0.1) is 0 Å². The minimum absolute atomic E-state index is 0.0451. The van der Waals surface area contributed by atoms with Crippen molar-refractivity contribution in [2.45, 2.75) is 56.9 Å². The average molecular weight is 807 g/mol. The molecule has 55 heavy (non-hydrogen) atoms. The molecule has 1 unspecified atom stereocenters. The SMILES string of the molecule is CC(=O)O[C@@H](CCC1C(=O)N(c2ccc(CCCNS(C)(=O)=O)cc2)[C@@H]1c1ccc(OS(=O)(=O)C(F)(F)F)cc1OCc1ccccc1)c1ccc(F)cc1. The maximum Gasteiger partial charge on any atom is 0.534 e. The number of nitrogens with zero attached hydrogens (tertiary/aromatic N) is 1. The summed E-state index contributed by atoms with van der Waals surface area (Å²) in [6.07, 6.45) is 1.55. The molecule has 1 aliphatic heterocycles. The van der Waals surface area contributed by atoms with E-state index >= 15 is 0 Å². The van der Waals surface area contributed by atoms with E-state index in [4.69, 9.17) is 9.47 Å². The molecule has 5 rings (SSSR count). The van der Waals surface area contributed by atoms with E-state index in [9.17, 15) is 44.0 Å². The van der Waals surface area contributed by atoms with Crippen LogP contribution in [0.2, 0.25) is 0 Å². The van der Waals surface area contributed by atoms with Gasteiger partial charge in [0.2, 0.25) is 15.9 Å². The van der Waals surface area contributed by atoms with Crippen LogP contribution in [0.1, 0.15) is 60.6 Å². The number of carbonyl (C=O) groups is 2. The van der Waals surface area contributed by atoms with Gasteiger partial charge in [0.1, 0.15) is 30.0 Å². The molecule has 1 amide bonds. The largest absolute Gasteiger partial charge is 0.534 e. The number of hydrogen-bond donors (Lipinski definition) is 1. The standard InChI is InChI=1S/C38H38F4N2O9S2/c1-25(45)52-34(28-12-14-29(39)15-13-28)21-20-33-36(44(37(33)46)30-16-10-26(11-17-30)9-6-22-43-54(2,47)48)32-19-18-31(53-55(49,50)38(40,41)42)23-35(32)51-24-27-7-4-3-5-8-27/h3-5,7-8,10-19,23,33-34,36,43H,6,9,20-22,24H2,1-2H3/t33?,34-,36+/m0/s1. The lowest BCUT2D eigenvalue weighted by molar-refractivity contribution is -0.147. The average Bonchev–Trinajstić information content (AvgIpc) is 3.11. The molecule has 1 saturated heterocycles. The van der Waals surface area contributed by atoms with Gasteiger partial charge < -0.3 is 18.6 Å². The second-order valence-corrected chi connectivity index (χ2v) is 16.3. The Hall–Kier alpha value is -5.00. The van der Waals surface area contributed by atoms with Crippen LogP contribution in [0, 0.1) is 11.7 Å². The topological polar surface area (TPSA) is 145 Å². The summed E-state index contributed by atoms with van der Waals surface area (Å²) in [7, 11) is -9.37. The van der Waals surface area contributed by atoms with E-state index in [2.05, 4.69) is 8.91 Å². The highest BCUT2D eigenvalue weighted by atomic mass is 32.2. The molecule has 0 bridgehead atoms. The Morgan fingerprint density at radius 3 is 2.20 bits per heavy atom. The number of esters is 1. The number of amides is 1. The Balaban J connectivity index is 1.50. The number of carbonyl (C=O) groups excluding carboxylic acids is 2. The smallest absolute Gasteiger partial charge is 0.488 e. The van der Waals surface area contributed by atoms with Gasteiger partial charge in [-0.2, -0.15) is 21.6 Å². The summed E-state index contributed by atoms with van der Waals surface area (Å²) in [4.78, 5) is 27.6. The van der Waals surface area contributed by atoms with Crippen LogP contribution < -0.4 is 18.5 Å². The van der Waals surface area contributed by atoms with Crippen LogP contribution in [0.4, 0.5) is 23.2 Å². The third-order valence-corrected chi connectivity index (χ3v) is 10.5. The van der Waals surface area contributed by atoms with Crippen LogP contribution in [-0.2, 0) is 47.5 Å². The van der Waals surface area contributed by atoms with Gasteiger partial charge in [-0.25, -0.2) is 17.5 Å². The molecule has 1 fully saturated rings. The molecule has 3 atom stereocenters. The lowest BCUT2D eigenvalue weighted by Crippen LogP contribution is -2.55. The zero-order valence-corrected chi connectivity index (χ0v) is 31.3. The Bertz CT molecular complexity index is 2190. The predicted octanol–water partition coefficient (Wildman–Crippen LogP) is 6.90. The molecule has 1 heterocycles. The highest BCUT2D eigenvalue weighted by molar-refractivity contribution is 7.88. The number of halogens is 4. The van der Waals surface area contributed by atoms with Gasteiger partial charge in [-0.05, 0) is 78.8 Å². The Labute approximate surface area is 316 Å². The van der Waals surface area contributed by atoms with Crippen LogP contribution >= 0.6 is 0 Å². The first-order chi connectivity index (χ1) is 25.9. The number of alkyl halides is 3. The summed E-state index contributed by atoms with van der Waals surface area (Å²) in [6.45, 7) is 1.38. The van der Waals surface area contributed by atoms with E-state index in [-0.39, 0.29) is 37.6 Å². The van der Waals surface area contributed by atoms with E-state index < -0.39 is 61.2 Å². The van der Waals surface area contributed by atoms with Crippen LogP contribution in [0.15, 0.2) is 97.1 Å². The fourth-order valence-electron chi connectivity index (χ4n) is 6.19. The summed E-state index contributed by atoms with van der Waals surface area (Å²) < 4.78 is 119. The molecule has 0 saturated carbocycles. The lowest BCUT2D eigenvalue weighted by atomic mass is 9.77. The number of anilines is 1. The fraction of sp³-hybridized carbons (Fsp3) is 0.316. The molecular formula is C38H38F4N2O9S2. The molecule has 0 aromatic heterocycles. The maximum absolute atomic E-state index is 14.0. The highest BCUT2D eigenvalue weighted by Crippen LogP contribution is 2.50. The van der Waals surface area contributed by atoms with E-state index in [1.165, 1.54) is 42.2 Å². The Kier molecular flexibility index (Phi) is 12.9. The highest BCUT2D eigenvalue weighted by Gasteiger charge is 2.51. The molecule has 0 spiro atoms. The second-order valence-electron chi connectivity index (χ2n) is 12.9. The molecule has 294 valence electrons. The second kappa shape index (κ2) is 17.2. The minimum atomic E-state index is -6.03. The van der Waals surface area contributed by atoms with E-state index in [0.29, 0.717) is 35.2 Å². The molecule has 11 nitrogen and oxygen atoms in total. The fourth-order valence-corrected chi connectivity index (χ4v) is 7.16. The number of nitrogens with one attached hydrogen (secondary N) is 1. The minimum Gasteiger partial charge on any atom is -0.488 e. The van der Waals surface area contributed by atoms with Crippen molar-refractivity contribution in [3.63, 3.8) is 0 Å².